The highest BCUT2D eigenvalue weighted by Crippen LogP contribution is 2.37. The molecule has 2 saturated carbocycles. The Balaban J connectivity index is 1.43. The molecule has 222 valence electrons. The third kappa shape index (κ3) is 6.87. The molecule has 3 atom stereocenters. The Kier molecular flexibility index (Phi) is 8.29. The van der Waals surface area contributed by atoms with Gasteiger partial charge in [-0.15, -0.1) is 0 Å². The number of rotatable bonds is 11. The highest BCUT2D eigenvalue weighted by Gasteiger charge is 2.43. The number of amides is 3. The Labute approximate surface area is 234 Å². The van der Waals surface area contributed by atoms with Crippen molar-refractivity contribution in [2.24, 2.45) is 11.7 Å². The fourth-order valence-corrected chi connectivity index (χ4v) is 4.66. The van der Waals surface area contributed by atoms with Crippen molar-refractivity contribution < 1.29 is 41.8 Å². The first-order chi connectivity index (χ1) is 19.6. The quantitative estimate of drug-likeness (QED) is 0.365. The van der Waals surface area contributed by atoms with Crippen LogP contribution in [0.1, 0.15) is 61.3 Å². The lowest BCUT2D eigenvalue weighted by molar-refractivity contribution is -0.125. The SMILES string of the molecule is COC(=O)N[C@@H]1C[C@@H](C(=O)NC2CC2)N(C(=O)c2nc(-c3ccc(OC(F)F)c(OCC4CC4)c3)oc2[C@H](C)N)C1. The molecule has 1 aliphatic heterocycles. The van der Waals surface area contributed by atoms with Gasteiger partial charge in [0.1, 0.15) is 6.04 Å². The summed E-state index contributed by atoms with van der Waals surface area (Å²) in [5, 5.41) is 5.57. The van der Waals surface area contributed by atoms with Gasteiger partial charge in [0, 0.05) is 18.2 Å². The van der Waals surface area contributed by atoms with Crippen LogP contribution in [-0.4, -0.2) is 72.8 Å². The zero-order valence-corrected chi connectivity index (χ0v) is 22.7. The fourth-order valence-electron chi connectivity index (χ4n) is 4.66. The minimum absolute atomic E-state index is 0.0166. The molecule has 0 spiro atoms. The number of aromatic nitrogens is 1. The van der Waals surface area contributed by atoms with Crippen LogP contribution < -0.4 is 25.8 Å². The number of hydrogen-bond acceptors (Lipinski definition) is 9. The van der Waals surface area contributed by atoms with Crippen molar-refractivity contribution in [1.29, 1.82) is 0 Å². The largest absolute Gasteiger partial charge is 0.489 e. The minimum atomic E-state index is -3.04. The van der Waals surface area contributed by atoms with E-state index in [0.29, 0.717) is 18.1 Å². The van der Waals surface area contributed by atoms with Crippen LogP contribution in [0.5, 0.6) is 11.5 Å². The number of carbonyl (C=O) groups is 3. The first kappa shape index (κ1) is 28.6. The average Bonchev–Trinajstić information content (AvgIpc) is 3.85. The van der Waals surface area contributed by atoms with Crippen molar-refractivity contribution in [2.75, 3.05) is 20.3 Å². The molecule has 0 bridgehead atoms. The maximum absolute atomic E-state index is 13.9. The second-order valence-electron chi connectivity index (χ2n) is 10.6. The summed E-state index contributed by atoms with van der Waals surface area (Å²) in [7, 11) is 1.23. The van der Waals surface area contributed by atoms with Gasteiger partial charge in [0.05, 0.1) is 25.8 Å². The van der Waals surface area contributed by atoms with Crippen LogP contribution in [0.25, 0.3) is 11.5 Å². The number of ether oxygens (including phenoxy) is 3. The van der Waals surface area contributed by atoms with Crippen molar-refractivity contribution in [2.45, 2.75) is 69.8 Å². The summed E-state index contributed by atoms with van der Waals surface area (Å²) in [5.41, 5.74) is 6.40. The number of nitrogens with two attached hydrogens (primary N) is 1. The average molecular weight is 578 g/mol. The normalized spacial score (nSPS) is 21.0. The minimum Gasteiger partial charge on any atom is -0.489 e. The molecule has 3 amide bonds. The predicted molar refractivity (Wildman–Crippen MR) is 139 cm³/mol. The molecule has 0 radical (unpaired) electrons. The van der Waals surface area contributed by atoms with Crippen LogP contribution in [0.2, 0.25) is 0 Å². The summed E-state index contributed by atoms with van der Waals surface area (Å²) < 4.78 is 46.9. The molecule has 2 aliphatic carbocycles. The summed E-state index contributed by atoms with van der Waals surface area (Å²) in [6.07, 6.45) is 3.24. The van der Waals surface area contributed by atoms with E-state index in [0.717, 1.165) is 25.7 Å². The van der Waals surface area contributed by atoms with Gasteiger partial charge in [-0.25, -0.2) is 9.78 Å². The van der Waals surface area contributed by atoms with Crippen molar-refractivity contribution >= 4 is 17.9 Å². The Hall–Kier alpha value is -3.94. The molecular formula is C27H33F2N5O7. The number of benzene rings is 1. The molecule has 1 aromatic carbocycles. The molecule has 41 heavy (non-hydrogen) atoms. The lowest BCUT2D eigenvalue weighted by atomic mass is 10.1. The van der Waals surface area contributed by atoms with E-state index in [-0.39, 0.29) is 53.8 Å². The number of oxazole rings is 1. The Morgan fingerprint density at radius 1 is 1.15 bits per heavy atom. The van der Waals surface area contributed by atoms with E-state index in [9.17, 15) is 23.2 Å². The topological polar surface area (TPSA) is 158 Å². The number of nitrogens with zero attached hydrogens (tertiary/aromatic N) is 2. The smallest absolute Gasteiger partial charge is 0.407 e. The van der Waals surface area contributed by atoms with Crippen LogP contribution in [-0.2, 0) is 9.53 Å². The molecule has 4 N–H and O–H groups in total. The van der Waals surface area contributed by atoms with Gasteiger partial charge in [-0.1, -0.05) is 0 Å². The van der Waals surface area contributed by atoms with Crippen LogP contribution in [0, 0.1) is 5.92 Å². The van der Waals surface area contributed by atoms with E-state index < -0.39 is 36.7 Å². The number of carbonyl (C=O) groups excluding carboxylic acids is 3. The summed E-state index contributed by atoms with van der Waals surface area (Å²) in [4.78, 5) is 44.5. The molecular weight excluding hydrogens is 544 g/mol. The number of nitrogens with one attached hydrogen (secondary N) is 2. The van der Waals surface area contributed by atoms with Crippen LogP contribution >= 0.6 is 0 Å². The van der Waals surface area contributed by atoms with Crippen molar-refractivity contribution in [3.8, 4) is 23.0 Å². The zero-order chi connectivity index (χ0) is 29.3. The maximum Gasteiger partial charge on any atom is 0.407 e. The maximum atomic E-state index is 13.9. The van der Waals surface area contributed by atoms with E-state index in [1.54, 1.807) is 6.92 Å². The summed E-state index contributed by atoms with van der Waals surface area (Å²) in [6.45, 7) is -1.03. The van der Waals surface area contributed by atoms with E-state index in [1.165, 1.54) is 30.2 Å². The Morgan fingerprint density at radius 3 is 2.54 bits per heavy atom. The van der Waals surface area contributed by atoms with Gasteiger partial charge >= 0.3 is 12.7 Å². The van der Waals surface area contributed by atoms with Crippen molar-refractivity contribution in [1.82, 2.24) is 20.5 Å². The molecule has 5 rings (SSSR count). The van der Waals surface area contributed by atoms with Crippen molar-refractivity contribution in [3.63, 3.8) is 0 Å². The van der Waals surface area contributed by atoms with Gasteiger partial charge in [0.15, 0.2) is 23.0 Å². The van der Waals surface area contributed by atoms with Gasteiger partial charge < -0.3 is 39.9 Å². The van der Waals surface area contributed by atoms with E-state index in [1.807, 2.05) is 0 Å². The lowest BCUT2D eigenvalue weighted by Gasteiger charge is -2.23. The predicted octanol–water partition coefficient (Wildman–Crippen LogP) is 2.97. The molecule has 3 fully saturated rings. The van der Waals surface area contributed by atoms with Gasteiger partial charge in [-0.05, 0) is 63.1 Å². The highest BCUT2D eigenvalue weighted by molar-refractivity contribution is 5.98. The Bertz CT molecular complexity index is 1290. The van der Waals surface area contributed by atoms with Gasteiger partial charge in [-0.2, -0.15) is 8.78 Å². The second-order valence-corrected chi connectivity index (χ2v) is 10.6. The standard InChI is InChI=1S/C27H33F2N5O7/c1-13(30)22-21(25(36)34-11-17(32-27(37)38-2)10-18(34)23(35)31-16-6-7-16)33-24(41-22)15-5-8-19(40-26(28)29)20(9-15)39-12-14-3-4-14/h5,8-9,13-14,16-18,26H,3-4,6-7,10-12,30H2,1-2H3,(H,31,35)(H,32,37)/t13-,17+,18-/m0/s1. The third-order valence-electron chi connectivity index (χ3n) is 7.14. The summed E-state index contributed by atoms with van der Waals surface area (Å²) in [5.74, 6) is -0.501. The fraction of sp³-hybridized carbons (Fsp3) is 0.556. The lowest BCUT2D eigenvalue weighted by Crippen LogP contribution is -2.47. The zero-order valence-electron chi connectivity index (χ0n) is 22.7. The Morgan fingerprint density at radius 2 is 1.90 bits per heavy atom. The number of hydrogen-bond donors (Lipinski definition) is 3. The third-order valence-corrected chi connectivity index (χ3v) is 7.14. The molecule has 0 unspecified atom stereocenters. The van der Waals surface area contributed by atoms with E-state index in [2.05, 4.69) is 25.1 Å². The van der Waals surface area contributed by atoms with E-state index in [4.69, 9.17) is 14.9 Å². The summed E-state index contributed by atoms with van der Waals surface area (Å²) >= 11 is 0. The molecule has 14 heteroatoms. The number of alkyl halides is 2. The first-order valence-corrected chi connectivity index (χ1v) is 13.6. The molecule has 2 heterocycles. The monoisotopic (exact) mass is 577 g/mol. The number of methoxy groups -OCH3 is 1. The summed E-state index contributed by atoms with van der Waals surface area (Å²) in [6, 6.07) is 2.18. The number of likely N-dealkylation sites (tertiary alicyclic amines) is 1. The second kappa shape index (κ2) is 11.9. The number of alkyl carbamates (subject to hydrolysis) is 1. The van der Waals surface area contributed by atoms with Gasteiger partial charge in [-0.3, -0.25) is 9.59 Å². The first-order valence-electron chi connectivity index (χ1n) is 13.6. The molecule has 2 aromatic rings. The van der Waals surface area contributed by atoms with Crippen LogP contribution in [0.15, 0.2) is 22.6 Å². The van der Waals surface area contributed by atoms with Crippen molar-refractivity contribution in [3.05, 3.63) is 29.7 Å². The van der Waals surface area contributed by atoms with Gasteiger partial charge in [0.2, 0.25) is 11.8 Å². The van der Waals surface area contributed by atoms with Crippen LogP contribution in [0.4, 0.5) is 13.6 Å². The molecule has 3 aliphatic rings. The highest BCUT2D eigenvalue weighted by atomic mass is 19.3. The molecule has 12 nitrogen and oxygen atoms in total. The molecule has 1 aromatic heterocycles. The van der Waals surface area contributed by atoms with E-state index >= 15 is 0 Å². The van der Waals surface area contributed by atoms with Gasteiger partial charge in [0.25, 0.3) is 5.91 Å². The van der Waals surface area contributed by atoms with Crippen LogP contribution in [0.3, 0.4) is 0 Å². The number of halogens is 2. The molecule has 1 saturated heterocycles.